The molecule has 2 aromatic carbocycles. The molecule has 0 spiro atoms. The van der Waals surface area contributed by atoms with Crippen LogP contribution in [0.5, 0.6) is 0 Å². The quantitative estimate of drug-likeness (QED) is 0.448. The van der Waals surface area contributed by atoms with Gasteiger partial charge in [-0.1, -0.05) is 49.1 Å². The zero-order valence-corrected chi connectivity index (χ0v) is 17.4. The van der Waals surface area contributed by atoms with Gasteiger partial charge in [-0.25, -0.2) is 0 Å². The largest absolute Gasteiger partial charge is 0.331 e. The highest BCUT2D eigenvalue weighted by Crippen LogP contribution is 2.27. The van der Waals surface area contributed by atoms with Crippen LogP contribution in [-0.2, 0) is 4.79 Å². The maximum atomic E-state index is 11.9. The molecule has 0 atom stereocenters. The summed E-state index contributed by atoms with van der Waals surface area (Å²) in [5.74, 6) is -0.103. The Balaban J connectivity index is 1.73. The van der Waals surface area contributed by atoms with E-state index in [0.29, 0.717) is 28.2 Å². The molecular formula is C20H22ClN5OS. The lowest BCUT2D eigenvalue weighted by Gasteiger charge is -2.10. The summed E-state index contributed by atoms with van der Waals surface area (Å²) < 4.78 is 0. The molecule has 8 heteroatoms. The Morgan fingerprint density at radius 3 is 2.50 bits per heavy atom. The van der Waals surface area contributed by atoms with Gasteiger partial charge in [-0.15, -0.1) is 10.2 Å². The van der Waals surface area contributed by atoms with E-state index in [1.54, 1.807) is 16.9 Å². The predicted octanol–water partition coefficient (Wildman–Crippen LogP) is 4.78. The molecule has 1 amide bonds. The third kappa shape index (κ3) is 5.05. The monoisotopic (exact) mass is 415 g/mol. The first-order valence-electron chi connectivity index (χ1n) is 9.20. The highest BCUT2D eigenvalue weighted by Gasteiger charge is 2.11. The third-order valence-corrected chi connectivity index (χ3v) is 4.76. The maximum Gasteiger partial charge on any atom is 0.226 e. The number of nitrogens with zero attached hydrogens (tertiary/aromatic N) is 3. The Hall–Kier alpha value is -2.51. The van der Waals surface area contributed by atoms with Crippen molar-refractivity contribution in [1.82, 2.24) is 20.3 Å². The van der Waals surface area contributed by atoms with Gasteiger partial charge in [0, 0.05) is 6.42 Å². The lowest BCUT2D eigenvalue weighted by Crippen LogP contribution is -2.34. The second-order valence-electron chi connectivity index (χ2n) is 6.61. The molecule has 0 fully saturated rings. The van der Waals surface area contributed by atoms with Crippen molar-refractivity contribution in [2.24, 2.45) is 0 Å². The number of carbonyl (C=O) groups is 1. The molecule has 0 aliphatic heterocycles. The Kier molecular flexibility index (Phi) is 6.59. The average Bonchev–Trinajstić information content (AvgIpc) is 3.05. The highest BCUT2D eigenvalue weighted by molar-refractivity contribution is 7.80. The second kappa shape index (κ2) is 9.12. The molecule has 1 heterocycles. The molecule has 0 saturated carbocycles. The number of amides is 1. The van der Waals surface area contributed by atoms with Crippen molar-refractivity contribution in [3.05, 3.63) is 47.0 Å². The van der Waals surface area contributed by atoms with E-state index >= 15 is 0 Å². The van der Waals surface area contributed by atoms with Gasteiger partial charge in [0.05, 0.1) is 16.4 Å². The van der Waals surface area contributed by atoms with Crippen LogP contribution in [0.2, 0.25) is 5.02 Å². The van der Waals surface area contributed by atoms with Crippen LogP contribution in [0.25, 0.3) is 16.7 Å². The van der Waals surface area contributed by atoms with Gasteiger partial charge in [0.15, 0.2) is 5.11 Å². The number of carbonyl (C=O) groups excluding carboxylic acids is 1. The topological polar surface area (TPSA) is 71.8 Å². The van der Waals surface area contributed by atoms with Crippen LogP contribution in [0, 0.1) is 6.92 Å². The van der Waals surface area contributed by atoms with Gasteiger partial charge in [0.2, 0.25) is 5.91 Å². The SMILES string of the molecule is CCCCCC(=O)NC(=S)Nc1cc2nn(-c3ccc(C)cc3)nc2cc1Cl. The Morgan fingerprint density at radius 1 is 1.14 bits per heavy atom. The van der Waals surface area contributed by atoms with Crippen LogP contribution in [0.4, 0.5) is 5.69 Å². The fourth-order valence-corrected chi connectivity index (χ4v) is 3.13. The lowest BCUT2D eigenvalue weighted by atomic mass is 10.2. The second-order valence-corrected chi connectivity index (χ2v) is 7.42. The van der Waals surface area contributed by atoms with Gasteiger partial charge >= 0.3 is 0 Å². The zero-order chi connectivity index (χ0) is 20.1. The number of thiocarbonyl (C=S) groups is 1. The first-order chi connectivity index (χ1) is 13.5. The van der Waals surface area contributed by atoms with Gasteiger partial charge in [-0.2, -0.15) is 4.80 Å². The number of hydrogen-bond donors (Lipinski definition) is 2. The van der Waals surface area contributed by atoms with E-state index in [0.717, 1.165) is 24.9 Å². The molecule has 0 saturated heterocycles. The summed E-state index contributed by atoms with van der Waals surface area (Å²) in [5, 5.41) is 15.3. The molecule has 0 bridgehead atoms. The standard InChI is InChI=1S/C20H22ClN5OS/c1-3-4-5-6-19(27)23-20(28)22-16-12-18-17(11-15(16)21)24-26(25-18)14-9-7-13(2)8-10-14/h7-12H,3-6H2,1-2H3,(H2,22,23,27,28). The molecule has 2 N–H and O–H groups in total. The number of halogens is 1. The summed E-state index contributed by atoms with van der Waals surface area (Å²) in [7, 11) is 0. The number of nitrogens with one attached hydrogen (secondary N) is 2. The Morgan fingerprint density at radius 2 is 1.82 bits per heavy atom. The number of unbranched alkanes of at least 4 members (excludes halogenated alkanes) is 2. The van der Waals surface area contributed by atoms with Gasteiger partial charge in [-0.3, -0.25) is 4.79 Å². The van der Waals surface area contributed by atoms with E-state index in [4.69, 9.17) is 23.8 Å². The summed E-state index contributed by atoms with van der Waals surface area (Å²) >= 11 is 11.6. The van der Waals surface area contributed by atoms with E-state index in [-0.39, 0.29) is 11.0 Å². The lowest BCUT2D eigenvalue weighted by molar-refractivity contribution is -0.119. The van der Waals surface area contributed by atoms with Gasteiger partial charge in [0.1, 0.15) is 11.0 Å². The number of aryl methyl sites for hydroxylation is 1. The molecule has 0 unspecified atom stereocenters. The molecule has 28 heavy (non-hydrogen) atoms. The summed E-state index contributed by atoms with van der Waals surface area (Å²) in [6.07, 6.45) is 3.38. The van der Waals surface area contributed by atoms with Crippen molar-refractivity contribution in [2.45, 2.75) is 39.5 Å². The number of benzene rings is 2. The molecule has 3 aromatic rings. The van der Waals surface area contributed by atoms with E-state index in [9.17, 15) is 4.79 Å². The fourth-order valence-electron chi connectivity index (χ4n) is 2.71. The summed E-state index contributed by atoms with van der Waals surface area (Å²) in [6.45, 7) is 4.12. The minimum absolute atomic E-state index is 0.103. The zero-order valence-electron chi connectivity index (χ0n) is 15.8. The fraction of sp³-hybridized carbons (Fsp3) is 0.300. The molecule has 0 aliphatic carbocycles. The van der Waals surface area contributed by atoms with Crippen molar-refractivity contribution in [3.63, 3.8) is 0 Å². The first-order valence-corrected chi connectivity index (χ1v) is 9.99. The molecular weight excluding hydrogens is 394 g/mol. The number of aromatic nitrogens is 3. The summed E-state index contributed by atoms with van der Waals surface area (Å²) in [5.41, 5.74) is 3.95. The Labute approximate surface area is 174 Å². The van der Waals surface area contributed by atoms with E-state index in [1.807, 2.05) is 31.2 Å². The smallest absolute Gasteiger partial charge is 0.226 e. The van der Waals surface area contributed by atoms with Gasteiger partial charge < -0.3 is 10.6 Å². The Bertz CT molecular complexity index is 1000. The molecule has 0 radical (unpaired) electrons. The van der Waals surface area contributed by atoms with Crippen molar-refractivity contribution in [2.75, 3.05) is 5.32 Å². The molecule has 146 valence electrons. The van der Waals surface area contributed by atoms with Crippen LogP contribution < -0.4 is 10.6 Å². The summed E-state index contributed by atoms with van der Waals surface area (Å²) in [4.78, 5) is 13.5. The van der Waals surface area contributed by atoms with Crippen LogP contribution in [0.3, 0.4) is 0 Å². The number of rotatable bonds is 6. The number of fused-ring (bicyclic) bond motifs is 1. The molecule has 3 rings (SSSR count). The van der Waals surface area contributed by atoms with Gasteiger partial charge in [-0.05, 0) is 49.8 Å². The third-order valence-electron chi connectivity index (χ3n) is 4.24. The maximum absolute atomic E-state index is 11.9. The van der Waals surface area contributed by atoms with Crippen LogP contribution >= 0.6 is 23.8 Å². The molecule has 6 nitrogen and oxygen atoms in total. The predicted molar refractivity (Wildman–Crippen MR) is 117 cm³/mol. The minimum atomic E-state index is -0.103. The normalized spacial score (nSPS) is 10.8. The highest BCUT2D eigenvalue weighted by atomic mass is 35.5. The van der Waals surface area contributed by atoms with E-state index < -0.39 is 0 Å². The average molecular weight is 416 g/mol. The van der Waals surface area contributed by atoms with Crippen molar-refractivity contribution in [3.8, 4) is 5.69 Å². The van der Waals surface area contributed by atoms with Crippen LogP contribution in [0.1, 0.15) is 38.2 Å². The van der Waals surface area contributed by atoms with Crippen molar-refractivity contribution < 1.29 is 4.79 Å². The number of anilines is 1. The van der Waals surface area contributed by atoms with Crippen LogP contribution in [0.15, 0.2) is 36.4 Å². The van der Waals surface area contributed by atoms with E-state index in [2.05, 4.69) is 27.8 Å². The molecule has 0 aliphatic rings. The van der Waals surface area contributed by atoms with E-state index in [1.165, 1.54) is 5.56 Å². The van der Waals surface area contributed by atoms with Gasteiger partial charge in [0.25, 0.3) is 0 Å². The van der Waals surface area contributed by atoms with Crippen LogP contribution in [-0.4, -0.2) is 26.0 Å². The first kappa shape index (κ1) is 20.2. The van der Waals surface area contributed by atoms with Crippen molar-refractivity contribution >= 4 is 51.6 Å². The van der Waals surface area contributed by atoms with Crippen molar-refractivity contribution in [1.29, 1.82) is 0 Å². The molecule has 1 aromatic heterocycles. The summed E-state index contributed by atoms with van der Waals surface area (Å²) in [6, 6.07) is 11.4. The minimum Gasteiger partial charge on any atom is -0.331 e. The number of hydrogen-bond acceptors (Lipinski definition) is 4.